The summed E-state index contributed by atoms with van der Waals surface area (Å²) >= 11 is 0. The molecule has 18 heavy (non-hydrogen) atoms. The highest BCUT2D eigenvalue weighted by molar-refractivity contribution is 5.94. The van der Waals surface area contributed by atoms with Crippen molar-refractivity contribution in [3.63, 3.8) is 0 Å². The molecule has 0 radical (unpaired) electrons. The molecule has 100 valence electrons. The summed E-state index contributed by atoms with van der Waals surface area (Å²) in [4.78, 5) is 13.8. The Kier molecular flexibility index (Phi) is 6.35. The number of rotatable bonds is 7. The summed E-state index contributed by atoms with van der Waals surface area (Å²) < 4.78 is 0. The molecule has 0 aliphatic heterocycles. The van der Waals surface area contributed by atoms with Gasteiger partial charge in [-0.3, -0.25) is 15.6 Å². The third-order valence-corrected chi connectivity index (χ3v) is 2.53. The second kappa shape index (κ2) is 7.81. The van der Waals surface area contributed by atoms with E-state index in [9.17, 15) is 4.79 Å². The molecule has 0 bridgehead atoms. The van der Waals surface area contributed by atoms with Gasteiger partial charge in [0.05, 0.1) is 0 Å². The minimum absolute atomic E-state index is 0.0232. The molecule has 5 heteroatoms. The fourth-order valence-electron chi connectivity index (χ4n) is 1.46. The van der Waals surface area contributed by atoms with Crippen molar-refractivity contribution in [3.05, 3.63) is 35.4 Å². The van der Waals surface area contributed by atoms with Gasteiger partial charge in [0.25, 0.3) is 5.91 Å². The molecule has 0 unspecified atom stereocenters. The Balaban J connectivity index is 2.43. The van der Waals surface area contributed by atoms with Gasteiger partial charge in [0.2, 0.25) is 0 Å². The van der Waals surface area contributed by atoms with Crippen molar-refractivity contribution in [1.82, 2.24) is 21.1 Å². The lowest BCUT2D eigenvalue weighted by Crippen LogP contribution is -2.31. The molecule has 5 nitrogen and oxygen atoms in total. The molecule has 0 saturated carbocycles. The smallest absolute Gasteiger partial charge is 0.251 e. The van der Waals surface area contributed by atoms with Crippen LogP contribution < -0.4 is 16.2 Å². The first kappa shape index (κ1) is 14.6. The molecular formula is C13H22N4O. The number of benzene rings is 1. The second-order valence-corrected chi connectivity index (χ2v) is 4.36. The molecule has 3 N–H and O–H groups in total. The quantitative estimate of drug-likeness (QED) is 0.605. The van der Waals surface area contributed by atoms with E-state index in [1.165, 1.54) is 0 Å². The predicted molar refractivity (Wildman–Crippen MR) is 73.2 cm³/mol. The number of hydrazine groups is 1. The average molecular weight is 250 g/mol. The standard InChI is InChI=1S/C13H22N4O/c1-14-16-10-11-4-6-12(7-5-11)13(18)15-8-9-17(2)3/h4-7,14,16H,8-10H2,1-3H3,(H,15,18). The maximum absolute atomic E-state index is 11.8. The second-order valence-electron chi connectivity index (χ2n) is 4.36. The van der Waals surface area contributed by atoms with Gasteiger partial charge in [0.15, 0.2) is 0 Å². The van der Waals surface area contributed by atoms with Crippen molar-refractivity contribution in [2.24, 2.45) is 0 Å². The fourth-order valence-corrected chi connectivity index (χ4v) is 1.46. The first-order valence-corrected chi connectivity index (χ1v) is 6.05. The molecule has 0 fully saturated rings. The van der Waals surface area contributed by atoms with Crippen molar-refractivity contribution in [2.75, 3.05) is 34.2 Å². The average Bonchev–Trinajstić information content (AvgIpc) is 2.36. The maximum Gasteiger partial charge on any atom is 0.251 e. The monoisotopic (exact) mass is 250 g/mol. The van der Waals surface area contributed by atoms with Gasteiger partial charge < -0.3 is 10.2 Å². The fraction of sp³-hybridized carbons (Fsp3) is 0.462. The zero-order valence-corrected chi connectivity index (χ0v) is 11.3. The first-order valence-electron chi connectivity index (χ1n) is 6.05. The lowest BCUT2D eigenvalue weighted by Gasteiger charge is -2.10. The summed E-state index contributed by atoms with van der Waals surface area (Å²) in [6.45, 7) is 2.24. The topological polar surface area (TPSA) is 56.4 Å². The molecule has 1 aromatic carbocycles. The van der Waals surface area contributed by atoms with Crippen LogP contribution in [0, 0.1) is 0 Å². The SMILES string of the molecule is CNNCc1ccc(C(=O)NCCN(C)C)cc1. The molecular weight excluding hydrogens is 228 g/mol. The number of hydrogen-bond acceptors (Lipinski definition) is 4. The Morgan fingerprint density at radius 1 is 1.22 bits per heavy atom. The Labute approximate surface area is 109 Å². The Morgan fingerprint density at radius 2 is 1.89 bits per heavy atom. The van der Waals surface area contributed by atoms with E-state index in [-0.39, 0.29) is 5.91 Å². The Morgan fingerprint density at radius 3 is 2.44 bits per heavy atom. The molecule has 0 saturated heterocycles. The van der Waals surface area contributed by atoms with Crippen LogP contribution in [0.1, 0.15) is 15.9 Å². The third-order valence-electron chi connectivity index (χ3n) is 2.53. The lowest BCUT2D eigenvalue weighted by atomic mass is 10.1. The van der Waals surface area contributed by atoms with Crippen LogP contribution in [0.25, 0.3) is 0 Å². The maximum atomic E-state index is 11.8. The number of nitrogens with one attached hydrogen (secondary N) is 3. The lowest BCUT2D eigenvalue weighted by molar-refractivity contribution is 0.0951. The van der Waals surface area contributed by atoms with Gasteiger partial charge in [0.1, 0.15) is 0 Å². The molecule has 1 rings (SSSR count). The molecule has 1 aromatic rings. The van der Waals surface area contributed by atoms with Crippen LogP contribution in [0.3, 0.4) is 0 Å². The molecule has 0 spiro atoms. The van der Waals surface area contributed by atoms with Gasteiger partial charge in [-0.1, -0.05) is 12.1 Å². The summed E-state index contributed by atoms with van der Waals surface area (Å²) in [5.41, 5.74) is 7.69. The van der Waals surface area contributed by atoms with Crippen molar-refractivity contribution in [2.45, 2.75) is 6.54 Å². The first-order chi connectivity index (χ1) is 8.63. The largest absolute Gasteiger partial charge is 0.351 e. The van der Waals surface area contributed by atoms with Crippen molar-refractivity contribution in [3.8, 4) is 0 Å². The van der Waals surface area contributed by atoms with Crippen LogP contribution in [-0.4, -0.2) is 45.0 Å². The highest BCUT2D eigenvalue weighted by Crippen LogP contribution is 2.03. The van der Waals surface area contributed by atoms with Crippen LogP contribution in [0.2, 0.25) is 0 Å². The van der Waals surface area contributed by atoms with Gasteiger partial charge in [-0.2, -0.15) is 0 Å². The van der Waals surface area contributed by atoms with Crippen molar-refractivity contribution < 1.29 is 4.79 Å². The zero-order valence-electron chi connectivity index (χ0n) is 11.3. The van der Waals surface area contributed by atoms with E-state index in [1.807, 2.05) is 50.3 Å². The zero-order chi connectivity index (χ0) is 13.4. The highest BCUT2D eigenvalue weighted by Gasteiger charge is 2.04. The molecule has 0 aliphatic rings. The van der Waals surface area contributed by atoms with E-state index >= 15 is 0 Å². The van der Waals surface area contributed by atoms with Crippen LogP contribution in [0.5, 0.6) is 0 Å². The Bertz CT molecular complexity index is 362. The van der Waals surface area contributed by atoms with E-state index in [2.05, 4.69) is 16.2 Å². The van der Waals surface area contributed by atoms with E-state index in [0.29, 0.717) is 12.1 Å². The summed E-state index contributed by atoms with van der Waals surface area (Å²) in [6.07, 6.45) is 0. The van der Waals surface area contributed by atoms with Gasteiger partial charge >= 0.3 is 0 Å². The predicted octanol–water partition coefficient (Wildman–Crippen LogP) is 0.202. The van der Waals surface area contributed by atoms with Gasteiger partial charge in [0, 0.05) is 25.2 Å². The number of carbonyl (C=O) groups excluding carboxylic acids is 1. The molecule has 1 amide bonds. The van der Waals surface area contributed by atoms with Gasteiger partial charge in [-0.25, -0.2) is 0 Å². The number of nitrogens with zero attached hydrogens (tertiary/aromatic N) is 1. The van der Waals surface area contributed by atoms with Gasteiger partial charge in [-0.05, 0) is 38.8 Å². The third kappa shape index (κ3) is 5.27. The van der Waals surface area contributed by atoms with Crippen LogP contribution in [0.15, 0.2) is 24.3 Å². The van der Waals surface area contributed by atoms with E-state index in [4.69, 9.17) is 0 Å². The number of likely N-dealkylation sites (N-methyl/N-ethyl adjacent to an activating group) is 1. The van der Waals surface area contributed by atoms with Crippen molar-refractivity contribution >= 4 is 5.91 Å². The number of hydrogen-bond donors (Lipinski definition) is 3. The number of carbonyl (C=O) groups is 1. The number of amides is 1. The molecule has 0 aliphatic carbocycles. The molecule has 0 heterocycles. The minimum Gasteiger partial charge on any atom is -0.351 e. The summed E-state index contributed by atoms with van der Waals surface area (Å²) in [5.74, 6) is -0.0232. The summed E-state index contributed by atoms with van der Waals surface area (Å²) in [5, 5.41) is 2.88. The van der Waals surface area contributed by atoms with Gasteiger partial charge in [-0.15, -0.1) is 0 Å². The molecule has 0 aromatic heterocycles. The molecule has 0 atom stereocenters. The summed E-state index contributed by atoms with van der Waals surface area (Å²) in [6, 6.07) is 7.59. The van der Waals surface area contributed by atoms with Crippen molar-refractivity contribution in [1.29, 1.82) is 0 Å². The minimum atomic E-state index is -0.0232. The van der Waals surface area contributed by atoms with Crippen LogP contribution in [-0.2, 0) is 6.54 Å². The normalized spacial score (nSPS) is 10.7. The van der Waals surface area contributed by atoms with E-state index in [0.717, 1.165) is 18.7 Å². The van der Waals surface area contributed by atoms with E-state index in [1.54, 1.807) is 0 Å². The van der Waals surface area contributed by atoms with Crippen LogP contribution in [0.4, 0.5) is 0 Å². The van der Waals surface area contributed by atoms with E-state index < -0.39 is 0 Å². The highest BCUT2D eigenvalue weighted by atomic mass is 16.1. The summed E-state index contributed by atoms with van der Waals surface area (Å²) in [7, 11) is 5.79. The Hall–Kier alpha value is -1.43. The van der Waals surface area contributed by atoms with Crippen LogP contribution >= 0.6 is 0 Å².